The smallest absolute Gasteiger partial charge is 0.156 e. The van der Waals surface area contributed by atoms with Gasteiger partial charge in [-0.3, -0.25) is 0 Å². The molecule has 1 fully saturated rings. The van der Waals surface area contributed by atoms with Crippen molar-refractivity contribution in [2.45, 2.75) is 32.8 Å². The first kappa shape index (κ1) is 15.0. The van der Waals surface area contributed by atoms with E-state index in [1.807, 2.05) is 18.2 Å². The average Bonchev–Trinajstić information content (AvgIpc) is 2.85. The van der Waals surface area contributed by atoms with Gasteiger partial charge in [-0.1, -0.05) is 43.1 Å². The van der Waals surface area contributed by atoms with E-state index in [0.717, 1.165) is 25.9 Å². The van der Waals surface area contributed by atoms with Crippen molar-refractivity contribution in [3.8, 4) is 5.75 Å². The Hall–Kier alpha value is -0.440. The highest BCUT2D eigenvalue weighted by molar-refractivity contribution is 6.37. The molecule has 4 heteroatoms. The molecule has 1 aliphatic rings. The van der Waals surface area contributed by atoms with E-state index in [9.17, 15) is 0 Å². The number of hydrogen-bond acceptors (Lipinski definition) is 2. The molecule has 106 valence electrons. The molecule has 0 bridgehead atoms. The molecule has 2 atom stereocenters. The summed E-state index contributed by atoms with van der Waals surface area (Å²) in [5, 5.41) is 4.58. The molecule has 1 aliphatic heterocycles. The van der Waals surface area contributed by atoms with Crippen LogP contribution >= 0.6 is 23.2 Å². The van der Waals surface area contributed by atoms with Crippen molar-refractivity contribution < 1.29 is 4.74 Å². The molecule has 1 N–H and O–H groups in total. The largest absolute Gasteiger partial charge is 0.487 e. The normalized spacial score (nSPS) is 20.8. The zero-order valence-electron chi connectivity index (χ0n) is 11.5. The van der Waals surface area contributed by atoms with E-state index in [1.54, 1.807) is 0 Å². The van der Waals surface area contributed by atoms with Gasteiger partial charge in [0.2, 0.25) is 0 Å². The van der Waals surface area contributed by atoms with Crippen LogP contribution in [-0.2, 0) is 0 Å². The summed E-state index contributed by atoms with van der Waals surface area (Å²) in [6.07, 6.45) is 2.35. The summed E-state index contributed by atoms with van der Waals surface area (Å²) in [6, 6.07) is 5.48. The number of halogens is 2. The molecule has 2 rings (SSSR count). The Morgan fingerprint density at radius 2 is 2.00 bits per heavy atom. The van der Waals surface area contributed by atoms with Crippen LogP contribution in [0.15, 0.2) is 18.2 Å². The zero-order valence-corrected chi connectivity index (χ0v) is 13.0. The predicted molar refractivity (Wildman–Crippen MR) is 81.3 cm³/mol. The van der Waals surface area contributed by atoms with Gasteiger partial charge in [-0.25, -0.2) is 0 Å². The van der Waals surface area contributed by atoms with Gasteiger partial charge in [0.25, 0.3) is 0 Å². The molecular formula is C15H21Cl2NO. The highest BCUT2D eigenvalue weighted by atomic mass is 35.5. The fourth-order valence-corrected chi connectivity index (χ4v) is 3.03. The van der Waals surface area contributed by atoms with Crippen LogP contribution in [-0.4, -0.2) is 19.2 Å². The minimum absolute atomic E-state index is 0.174. The second-order valence-corrected chi connectivity index (χ2v) is 6.40. The molecule has 19 heavy (non-hydrogen) atoms. The third-order valence-corrected chi connectivity index (χ3v) is 4.11. The van der Waals surface area contributed by atoms with E-state index in [2.05, 4.69) is 19.2 Å². The van der Waals surface area contributed by atoms with Gasteiger partial charge in [0.05, 0.1) is 10.0 Å². The second-order valence-electron chi connectivity index (χ2n) is 5.59. The maximum Gasteiger partial charge on any atom is 0.156 e. The lowest BCUT2D eigenvalue weighted by atomic mass is 9.93. The first-order valence-electron chi connectivity index (χ1n) is 6.89. The molecule has 0 amide bonds. The van der Waals surface area contributed by atoms with Crippen LogP contribution in [0.1, 0.15) is 26.7 Å². The molecule has 0 saturated carbocycles. The number of ether oxygens (including phenoxy) is 1. The van der Waals surface area contributed by atoms with Crippen LogP contribution < -0.4 is 10.1 Å². The van der Waals surface area contributed by atoms with Crippen molar-refractivity contribution in [1.82, 2.24) is 5.32 Å². The van der Waals surface area contributed by atoms with E-state index in [-0.39, 0.29) is 6.10 Å². The lowest BCUT2D eigenvalue weighted by molar-refractivity contribution is 0.120. The van der Waals surface area contributed by atoms with Crippen LogP contribution in [0.4, 0.5) is 0 Å². The number of benzene rings is 1. The summed E-state index contributed by atoms with van der Waals surface area (Å²) >= 11 is 12.4. The average molecular weight is 302 g/mol. The Balaban J connectivity index is 2.14. The highest BCUT2D eigenvalue weighted by Crippen LogP contribution is 2.35. The molecule has 2 nitrogen and oxygen atoms in total. The summed E-state index contributed by atoms with van der Waals surface area (Å²) < 4.78 is 6.17. The van der Waals surface area contributed by atoms with E-state index < -0.39 is 0 Å². The summed E-state index contributed by atoms with van der Waals surface area (Å²) in [5.41, 5.74) is 0. The van der Waals surface area contributed by atoms with Crippen LogP contribution in [0.3, 0.4) is 0 Å². The molecule has 1 heterocycles. The van der Waals surface area contributed by atoms with Crippen molar-refractivity contribution in [1.29, 1.82) is 0 Å². The molecule has 0 radical (unpaired) electrons. The van der Waals surface area contributed by atoms with Gasteiger partial charge < -0.3 is 10.1 Å². The first-order chi connectivity index (χ1) is 9.08. The fourth-order valence-electron chi connectivity index (χ4n) is 2.54. The molecule has 0 aromatic heterocycles. The summed E-state index contributed by atoms with van der Waals surface area (Å²) in [7, 11) is 0. The summed E-state index contributed by atoms with van der Waals surface area (Å²) in [5.74, 6) is 1.75. The van der Waals surface area contributed by atoms with Crippen LogP contribution in [0.2, 0.25) is 10.0 Å². The third kappa shape index (κ3) is 4.01. The molecular weight excluding hydrogens is 281 g/mol. The topological polar surface area (TPSA) is 21.3 Å². The van der Waals surface area contributed by atoms with Gasteiger partial charge in [0.1, 0.15) is 6.10 Å². The highest BCUT2D eigenvalue weighted by Gasteiger charge is 2.28. The number of rotatable bonds is 5. The molecule has 1 aromatic rings. The lowest BCUT2D eigenvalue weighted by Crippen LogP contribution is -2.30. The molecule has 1 saturated heterocycles. The lowest BCUT2D eigenvalue weighted by Gasteiger charge is -2.26. The Morgan fingerprint density at radius 1 is 1.32 bits per heavy atom. The maximum atomic E-state index is 6.19. The Kier molecular flexibility index (Phi) is 5.37. The van der Waals surface area contributed by atoms with E-state index in [4.69, 9.17) is 27.9 Å². The van der Waals surface area contributed by atoms with Gasteiger partial charge >= 0.3 is 0 Å². The fraction of sp³-hybridized carbons (Fsp3) is 0.600. The Morgan fingerprint density at radius 3 is 2.53 bits per heavy atom. The minimum Gasteiger partial charge on any atom is -0.487 e. The maximum absolute atomic E-state index is 6.19. The molecule has 0 aliphatic carbocycles. The third-order valence-electron chi connectivity index (χ3n) is 3.52. The van der Waals surface area contributed by atoms with E-state index in [1.165, 1.54) is 0 Å². The Bertz CT molecular complexity index is 396. The standard InChI is InChI=1S/C15H21Cl2NO/c1-10(2)8-14(11-6-7-18-9-11)19-15-12(16)4-3-5-13(15)17/h3-5,10-11,14,18H,6-9H2,1-2H3/t11-,14-/m0/s1. The SMILES string of the molecule is CC(C)C[C@H](Oc1c(Cl)cccc1Cl)[C@H]1CCNC1. The zero-order chi connectivity index (χ0) is 13.8. The summed E-state index contributed by atoms with van der Waals surface area (Å²) in [6.45, 7) is 6.51. The molecule has 0 unspecified atom stereocenters. The summed E-state index contributed by atoms with van der Waals surface area (Å²) in [4.78, 5) is 0. The van der Waals surface area contributed by atoms with Crippen molar-refractivity contribution in [3.05, 3.63) is 28.2 Å². The number of hydrogen-bond donors (Lipinski definition) is 1. The van der Waals surface area contributed by atoms with Crippen molar-refractivity contribution in [3.63, 3.8) is 0 Å². The van der Waals surface area contributed by atoms with Crippen molar-refractivity contribution in [2.75, 3.05) is 13.1 Å². The van der Waals surface area contributed by atoms with E-state index in [0.29, 0.717) is 27.6 Å². The second kappa shape index (κ2) is 6.83. The van der Waals surface area contributed by atoms with Gasteiger partial charge in [0.15, 0.2) is 5.75 Å². The van der Waals surface area contributed by atoms with Crippen molar-refractivity contribution >= 4 is 23.2 Å². The van der Waals surface area contributed by atoms with Gasteiger partial charge in [-0.2, -0.15) is 0 Å². The Labute approximate surface area is 125 Å². The minimum atomic E-state index is 0.174. The monoisotopic (exact) mass is 301 g/mol. The molecule has 1 aromatic carbocycles. The van der Waals surface area contributed by atoms with Crippen LogP contribution in [0.25, 0.3) is 0 Å². The van der Waals surface area contributed by atoms with Gasteiger partial charge in [0, 0.05) is 12.5 Å². The van der Waals surface area contributed by atoms with Crippen molar-refractivity contribution in [2.24, 2.45) is 11.8 Å². The predicted octanol–water partition coefficient (Wildman–Crippen LogP) is 4.40. The van der Waals surface area contributed by atoms with Crippen LogP contribution in [0, 0.1) is 11.8 Å². The number of nitrogens with one attached hydrogen (secondary N) is 1. The van der Waals surface area contributed by atoms with E-state index >= 15 is 0 Å². The first-order valence-corrected chi connectivity index (χ1v) is 7.65. The van der Waals surface area contributed by atoms with Gasteiger partial charge in [-0.05, 0) is 37.4 Å². The quantitative estimate of drug-likeness (QED) is 0.870. The van der Waals surface area contributed by atoms with Crippen LogP contribution in [0.5, 0.6) is 5.75 Å². The number of para-hydroxylation sites is 1. The molecule has 0 spiro atoms. The van der Waals surface area contributed by atoms with Gasteiger partial charge in [-0.15, -0.1) is 0 Å².